The summed E-state index contributed by atoms with van der Waals surface area (Å²) in [4.78, 5) is 26.5. The highest BCUT2D eigenvalue weighted by atomic mass is 35.5. The van der Waals surface area contributed by atoms with Crippen LogP contribution >= 0.6 is 11.6 Å². The van der Waals surface area contributed by atoms with Crippen LogP contribution in [0.25, 0.3) is 0 Å². The number of para-hydroxylation sites is 1. The number of halogens is 1. The van der Waals surface area contributed by atoms with Gasteiger partial charge in [0.25, 0.3) is 0 Å². The lowest BCUT2D eigenvalue weighted by Crippen LogP contribution is -2.32. The molecule has 0 radical (unpaired) electrons. The molecule has 0 spiro atoms. The molecule has 3 amide bonds. The van der Waals surface area contributed by atoms with E-state index in [1.807, 2.05) is 30.3 Å². The highest BCUT2D eigenvalue weighted by Crippen LogP contribution is 2.31. The lowest BCUT2D eigenvalue weighted by atomic mass is 10.1. The summed E-state index contributed by atoms with van der Waals surface area (Å²) in [6, 6.07) is 14.4. The monoisotopic (exact) mass is 400 g/mol. The molecule has 7 heteroatoms. The summed E-state index contributed by atoms with van der Waals surface area (Å²) < 4.78 is 0. The standard InChI is InChI=1S/C21H25ClN4O2/c22-16-9-10-19(26-13-5-2-6-14-26)18(15-16)25-20(27)11-12-23-21(28)24-17-7-3-1-4-8-17/h1,3-4,7-10,15H,2,5-6,11-14H2,(H,25,27)(H2,23,24,28). The SMILES string of the molecule is O=C(CCNC(=O)Nc1ccccc1)Nc1cc(Cl)ccc1N1CCCCC1. The van der Waals surface area contributed by atoms with Crippen LogP contribution in [0.3, 0.4) is 0 Å². The molecule has 1 fully saturated rings. The van der Waals surface area contributed by atoms with Gasteiger partial charge >= 0.3 is 6.03 Å². The van der Waals surface area contributed by atoms with Crippen LogP contribution in [0.15, 0.2) is 48.5 Å². The van der Waals surface area contributed by atoms with Gasteiger partial charge < -0.3 is 20.9 Å². The molecule has 2 aromatic rings. The normalized spacial score (nSPS) is 13.7. The third-order valence-electron chi connectivity index (χ3n) is 4.60. The van der Waals surface area contributed by atoms with E-state index in [0.29, 0.717) is 16.4 Å². The molecule has 0 unspecified atom stereocenters. The van der Waals surface area contributed by atoms with Gasteiger partial charge in [0.1, 0.15) is 0 Å². The van der Waals surface area contributed by atoms with Crippen LogP contribution in [0.1, 0.15) is 25.7 Å². The van der Waals surface area contributed by atoms with Crippen LogP contribution in [0.2, 0.25) is 5.02 Å². The molecule has 3 rings (SSSR count). The zero-order valence-corrected chi connectivity index (χ0v) is 16.5. The Balaban J connectivity index is 1.50. The van der Waals surface area contributed by atoms with Gasteiger partial charge in [0, 0.05) is 36.8 Å². The Labute approximate surface area is 170 Å². The van der Waals surface area contributed by atoms with Crippen molar-refractivity contribution >= 4 is 40.6 Å². The average molecular weight is 401 g/mol. The maximum Gasteiger partial charge on any atom is 0.319 e. The lowest BCUT2D eigenvalue weighted by molar-refractivity contribution is -0.116. The summed E-state index contributed by atoms with van der Waals surface area (Å²) in [5.74, 6) is -0.166. The number of hydrogen-bond acceptors (Lipinski definition) is 3. The number of hydrogen-bond donors (Lipinski definition) is 3. The van der Waals surface area contributed by atoms with Crippen molar-refractivity contribution in [1.29, 1.82) is 0 Å². The molecule has 28 heavy (non-hydrogen) atoms. The van der Waals surface area contributed by atoms with Crippen molar-refractivity contribution in [3.8, 4) is 0 Å². The summed E-state index contributed by atoms with van der Waals surface area (Å²) in [5, 5.41) is 8.92. The lowest BCUT2D eigenvalue weighted by Gasteiger charge is -2.30. The number of nitrogens with one attached hydrogen (secondary N) is 3. The van der Waals surface area contributed by atoms with E-state index in [1.165, 1.54) is 6.42 Å². The molecule has 0 atom stereocenters. The minimum atomic E-state index is -0.337. The Morgan fingerprint density at radius 3 is 2.46 bits per heavy atom. The number of amides is 3. The van der Waals surface area contributed by atoms with Crippen molar-refractivity contribution in [2.24, 2.45) is 0 Å². The Hall–Kier alpha value is -2.73. The van der Waals surface area contributed by atoms with Gasteiger partial charge in [-0.05, 0) is 49.6 Å². The fourth-order valence-electron chi connectivity index (χ4n) is 3.22. The molecule has 0 saturated carbocycles. The summed E-state index contributed by atoms with van der Waals surface area (Å²) >= 11 is 6.13. The number of piperidine rings is 1. The van der Waals surface area contributed by atoms with Crippen LogP contribution in [0.5, 0.6) is 0 Å². The number of carbonyl (C=O) groups is 2. The molecule has 1 heterocycles. The maximum absolute atomic E-state index is 12.4. The van der Waals surface area contributed by atoms with E-state index in [2.05, 4.69) is 20.9 Å². The van der Waals surface area contributed by atoms with Gasteiger partial charge in [-0.15, -0.1) is 0 Å². The number of benzene rings is 2. The highest BCUT2D eigenvalue weighted by molar-refractivity contribution is 6.31. The number of anilines is 3. The third-order valence-corrected chi connectivity index (χ3v) is 4.83. The highest BCUT2D eigenvalue weighted by Gasteiger charge is 2.16. The van der Waals surface area contributed by atoms with E-state index in [4.69, 9.17) is 11.6 Å². The van der Waals surface area contributed by atoms with Crippen molar-refractivity contribution in [2.45, 2.75) is 25.7 Å². The third kappa shape index (κ3) is 5.89. The molecule has 0 aliphatic carbocycles. The molecular weight excluding hydrogens is 376 g/mol. The van der Waals surface area contributed by atoms with Crippen molar-refractivity contribution < 1.29 is 9.59 Å². The van der Waals surface area contributed by atoms with Gasteiger partial charge in [-0.3, -0.25) is 4.79 Å². The van der Waals surface area contributed by atoms with Gasteiger partial charge in [-0.2, -0.15) is 0 Å². The van der Waals surface area contributed by atoms with Crippen LogP contribution in [-0.2, 0) is 4.79 Å². The van der Waals surface area contributed by atoms with E-state index < -0.39 is 0 Å². The zero-order valence-electron chi connectivity index (χ0n) is 15.7. The van der Waals surface area contributed by atoms with Crippen LogP contribution in [0.4, 0.5) is 21.9 Å². The Morgan fingerprint density at radius 2 is 1.71 bits per heavy atom. The first-order valence-electron chi connectivity index (χ1n) is 9.56. The van der Waals surface area contributed by atoms with Crippen LogP contribution in [-0.4, -0.2) is 31.6 Å². The number of nitrogens with zero attached hydrogens (tertiary/aromatic N) is 1. The van der Waals surface area contributed by atoms with Gasteiger partial charge in [0.2, 0.25) is 5.91 Å². The number of carbonyl (C=O) groups excluding carboxylic acids is 2. The van der Waals surface area contributed by atoms with Crippen molar-refractivity contribution in [2.75, 3.05) is 35.2 Å². The predicted molar refractivity (Wildman–Crippen MR) is 114 cm³/mol. The van der Waals surface area contributed by atoms with Gasteiger partial charge in [-0.25, -0.2) is 4.79 Å². The Bertz CT molecular complexity index is 807. The summed E-state index contributed by atoms with van der Waals surface area (Å²) in [6.45, 7) is 2.20. The first kappa shape index (κ1) is 20.0. The quantitative estimate of drug-likeness (QED) is 0.669. The second-order valence-corrected chi connectivity index (χ2v) is 7.19. The summed E-state index contributed by atoms with van der Waals surface area (Å²) in [6.07, 6.45) is 3.71. The molecule has 3 N–H and O–H groups in total. The predicted octanol–water partition coefficient (Wildman–Crippen LogP) is 4.48. The first-order valence-corrected chi connectivity index (χ1v) is 9.94. The van der Waals surface area contributed by atoms with Gasteiger partial charge in [0.05, 0.1) is 11.4 Å². The van der Waals surface area contributed by atoms with E-state index in [9.17, 15) is 9.59 Å². The molecule has 0 aromatic heterocycles. The zero-order chi connectivity index (χ0) is 19.8. The minimum Gasteiger partial charge on any atom is -0.370 e. The molecule has 1 aliphatic heterocycles. The van der Waals surface area contributed by atoms with Gasteiger partial charge in [0.15, 0.2) is 0 Å². The van der Waals surface area contributed by atoms with Gasteiger partial charge in [-0.1, -0.05) is 29.8 Å². The van der Waals surface area contributed by atoms with Crippen molar-refractivity contribution in [1.82, 2.24) is 5.32 Å². The molecular formula is C21H25ClN4O2. The molecule has 148 valence electrons. The molecule has 1 aliphatic rings. The van der Waals surface area contributed by atoms with E-state index in [1.54, 1.807) is 18.2 Å². The van der Waals surface area contributed by atoms with E-state index >= 15 is 0 Å². The Morgan fingerprint density at radius 1 is 0.964 bits per heavy atom. The van der Waals surface area contributed by atoms with Crippen LogP contribution in [0, 0.1) is 0 Å². The topological polar surface area (TPSA) is 73.5 Å². The summed E-state index contributed by atoms with van der Waals surface area (Å²) in [5.41, 5.74) is 2.41. The maximum atomic E-state index is 12.4. The largest absolute Gasteiger partial charge is 0.370 e. The van der Waals surface area contributed by atoms with Crippen molar-refractivity contribution in [3.05, 3.63) is 53.6 Å². The average Bonchev–Trinajstić information content (AvgIpc) is 2.69. The minimum absolute atomic E-state index is 0.166. The Kier molecular flexibility index (Phi) is 7.14. The first-order chi connectivity index (χ1) is 13.6. The summed E-state index contributed by atoms with van der Waals surface area (Å²) in [7, 11) is 0. The number of rotatable bonds is 6. The fourth-order valence-corrected chi connectivity index (χ4v) is 3.39. The molecule has 6 nitrogen and oxygen atoms in total. The molecule has 0 bridgehead atoms. The van der Waals surface area contributed by atoms with E-state index in [0.717, 1.165) is 31.6 Å². The number of urea groups is 1. The fraction of sp³-hybridized carbons (Fsp3) is 0.333. The van der Waals surface area contributed by atoms with E-state index in [-0.39, 0.29) is 24.9 Å². The van der Waals surface area contributed by atoms with Crippen molar-refractivity contribution in [3.63, 3.8) is 0 Å². The van der Waals surface area contributed by atoms with Crippen LogP contribution < -0.4 is 20.9 Å². The second kappa shape index (κ2) is 9.99. The smallest absolute Gasteiger partial charge is 0.319 e. The molecule has 2 aromatic carbocycles. The molecule has 1 saturated heterocycles. The second-order valence-electron chi connectivity index (χ2n) is 6.75.